The Hall–Kier alpha value is -1.47. The molecule has 0 atom stereocenters. The first-order valence-electron chi connectivity index (χ1n) is 4.78. The maximum atomic E-state index is 11.7. The Balaban J connectivity index is 3.82. The fourth-order valence-electron chi connectivity index (χ4n) is 0.813. The summed E-state index contributed by atoms with van der Waals surface area (Å²) >= 11 is 0. The van der Waals surface area contributed by atoms with Gasteiger partial charge in [0.1, 0.15) is 6.54 Å². The fraction of sp³-hybridized carbons (Fsp3) is 0.778. The van der Waals surface area contributed by atoms with Crippen molar-refractivity contribution in [2.24, 2.45) is 0 Å². The molecular formula is C9H15F3N2O3. The lowest BCUT2D eigenvalue weighted by Crippen LogP contribution is -2.46. The van der Waals surface area contributed by atoms with E-state index < -0.39 is 36.9 Å². The minimum atomic E-state index is -4.58. The van der Waals surface area contributed by atoms with E-state index in [0.717, 1.165) is 0 Å². The van der Waals surface area contributed by atoms with Gasteiger partial charge in [-0.15, -0.1) is 0 Å². The van der Waals surface area contributed by atoms with Gasteiger partial charge in [-0.1, -0.05) is 0 Å². The molecule has 0 aliphatic carbocycles. The molecule has 2 N–H and O–H groups in total. The van der Waals surface area contributed by atoms with Crippen molar-refractivity contribution in [1.29, 1.82) is 0 Å². The number of hydrogen-bond acceptors (Lipinski definition) is 3. The number of alkyl carbamates (subject to hydrolysis) is 1. The van der Waals surface area contributed by atoms with Crippen LogP contribution < -0.4 is 10.6 Å². The van der Waals surface area contributed by atoms with Gasteiger partial charge in [-0.3, -0.25) is 4.79 Å². The zero-order valence-corrected chi connectivity index (χ0v) is 9.77. The topological polar surface area (TPSA) is 67.4 Å². The largest absolute Gasteiger partial charge is 0.440 e. The van der Waals surface area contributed by atoms with Crippen molar-refractivity contribution in [3.8, 4) is 0 Å². The lowest BCUT2D eigenvalue weighted by Gasteiger charge is -2.20. The standard InChI is InChI=1S/C9H15F3N2O3/c1-8(2,3)14-6(15)4-13-7(16)17-5-9(10,11)12/h4-5H2,1-3H3,(H,13,16)(H,14,15). The molecule has 0 saturated carbocycles. The van der Waals surface area contributed by atoms with Gasteiger partial charge < -0.3 is 15.4 Å². The molecular weight excluding hydrogens is 241 g/mol. The molecule has 0 aromatic rings. The molecule has 100 valence electrons. The molecule has 0 spiro atoms. The van der Waals surface area contributed by atoms with Crippen LogP contribution in [0.2, 0.25) is 0 Å². The second-order valence-electron chi connectivity index (χ2n) is 4.34. The number of ether oxygens (including phenoxy) is 1. The highest BCUT2D eigenvalue weighted by Crippen LogP contribution is 2.14. The molecule has 5 nitrogen and oxygen atoms in total. The summed E-state index contributed by atoms with van der Waals surface area (Å²) in [6, 6.07) is 0. The zero-order chi connectivity index (χ0) is 13.7. The SMILES string of the molecule is CC(C)(C)NC(=O)CNC(=O)OCC(F)(F)F. The van der Waals surface area contributed by atoms with Gasteiger partial charge in [-0.05, 0) is 20.8 Å². The summed E-state index contributed by atoms with van der Waals surface area (Å²) < 4.78 is 38.8. The summed E-state index contributed by atoms with van der Waals surface area (Å²) in [5.74, 6) is -0.513. The van der Waals surface area contributed by atoms with E-state index in [4.69, 9.17) is 0 Å². The summed E-state index contributed by atoms with van der Waals surface area (Å²) in [5, 5.41) is 4.42. The normalized spacial score (nSPS) is 11.9. The first kappa shape index (κ1) is 15.5. The van der Waals surface area contributed by atoms with E-state index in [1.807, 2.05) is 5.32 Å². The second-order valence-corrected chi connectivity index (χ2v) is 4.34. The minimum absolute atomic E-state index is 0.437. The Morgan fingerprint density at radius 1 is 1.18 bits per heavy atom. The molecule has 0 bridgehead atoms. The average Bonchev–Trinajstić information content (AvgIpc) is 2.07. The van der Waals surface area contributed by atoms with Crippen LogP contribution in [0.15, 0.2) is 0 Å². The molecule has 8 heteroatoms. The Morgan fingerprint density at radius 2 is 1.71 bits per heavy atom. The molecule has 2 amide bonds. The Morgan fingerprint density at radius 3 is 2.12 bits per heavy atom. The molecule has 0 unspecified atom stereocenters. The van der Waals surface area contributed by atoms with Gasteiger partial charge in [-0.25, -0.2) is 4.79 Å². The molecule has 0 heterocycles. The monoisotopic (exact) mass is 256 g/mol. The number of nitrogens with one attached hydrogen (secondary N) is 2. The van der Waals surface area contributed by atoms with Crippen molar-refractivity contribution in [2.45, 2.75) is 32.5 Å². The zero-order valence-electron chi connectivity index (χ0n) is 9.77. The maximum absolute atomic E-state index is 11.7. The predicted octanol–water partition coefficient (Wildman–Crippen LogP) is 1.19. The van der Waals surface area contributed by atoms with Crippen LogP contribution >= 0.6 is 0 Å². The van der Waals surface area contributed by atoms with Gasteiger partial charge in [0.15, 0.2) is 6.61 Å². The van der Waals surface area contributed by atoms with E-state index in [1.165, 1.54) is 0 Å². The summed E-state index contributed by atoms with van der Waals surface area (Å²) in [5.41, 5.74) is -0.478. The van der Waals surface area contributed by atoms with Crippen LogP contribution in [0.1, 0.15) is 20.8 Å². The molecule has 0 aliphatic rings. The van der Waals surface area contributed by atoms with Crippen molar-refractivity contribution < 1.29 is 27.5 Å². The number of carbonyl (C=O) groups excluding carboxylic acids is 2. The molecule has 0 rings (SSSR count). The Kier molecular flexibility index (Phi) is 5.24. The first-order valence-corrected chi connectivity index (χ1v) is 4.78. The van der Waals surface area contributed by atoms with Gasteiger partial charge >= 0.3 is 12.3 Å². The van der Waals surface area contributed by atoms with E-state index in [2.05, 4.69) is 10.1 Å². The van der Waals surface area contributed by atoms with Gasteiger partial charge in [0.25, 0.3) is 0 Å². The average molecular weight is 256 g/mol. The van der Waals surface area contributed by atoms with E-state index in [9.17, 15) is 22.8 Å². The second kappa shape index (κ2) is 5.74. The van der Waals surface area contributed by atoms with Crippen molar-refractivity contribution in [2.75, 3.05) is 13.2 Å². The molecule has 0 radical (unpaired) electrons. The van der Waals surface area contributed by atoms with E-state index in [-0.39, 0.29) is 0 Å². The number of amides is 2. The smallest absolute Gasteiger partial charge is 0.422 e. The highest BCUT2D eigenvalue weighted by Gasteiger charge is 2.29. The lowest BCUT2D eigenvalue weighted by molar-refractivity contribution is -0.160. The number of halogens is 3. The molecule has 0 aliphatic heterocycles. The van der Waals surface area contributed by atoms with Crippen LogP contribution in [0.4, 0.5) is 18.0 Å². The first-order chi connectivity index (χ1) is 7.49. The van der Waals surface area contributed by atoms with E-state index in [0.29, 0.717) is 0 Å². The third kappa shape index (κ3) is 10.8. The van der Waals surface area contributed by atoms with Crippen LogP contribution in [0.5, 0.6) is 0 Å². The number of rotatable bonds is 3. The van der Waals surface area contributed by atoms with Crippen LogP contribution in [0, 0.1) is 0 Å². The molecule has 0 saturated heterocycles. The molecule has 0 aromatic heterocycles. The summed E-state index contributed by atoms with van der Waals surface area (Å²) in [4.78, 5) is 21.9. The van der Waals surface area contributed by atoms with Crippen molar-refractivity contribution in [3.63, 3.8) is 0 Å². The van der Waals surface area contributed by atoms with Crippen LogP contribution in [0.25, 0.3) is 0 Å². The number of carbonyl (C=O) groups is 2. The van der Waals surface area contributed by atoms with Crippen molar-refractivity contribution in [3.05, 3.63) is 0 Å². The van der Waals surface area contributed by atoms with E-state index in [1.54, 1.807) is 20.8 Å². The number of hydrogen-bond donors (Lipinski definition) is 2. The van der Waals surface area contributed by atoms with Gasteiger partial charge in [0.2, 0.25) is 5.91 Å². The van der Waals surface area contributed by atoms with Gasteiger partial charge in [0, 0.05) is 5.54 Å². The summed E-state index contributed by atoms with van der Waals surface area (Å²) in [7, 11) is 0. The Bertz CT molecular complexity index is 284. The lowest BCUT2D eigenvalue weighted by atomic mass is 10.1. The quantitative estimate of drug-likeness (QED) is 0.797. The fourth-order valence-corrected chi connectivity index (χ4v) is 0.813. The minimum Gasteiger partial charge on any atom is -0.440 e. The summed E-state index contributed by atoms with van der Waals surface area (Å²) in [6.45, 7) is 3.07. The van der Waals surface area contributed by atoms with Gasteiger partial charge in [0.05, 0.1) is 0 Å². The Labute approximate surface area is 96.7 Å². The molecule has 17 heavy (non-hydrogen) atoms. The van der Waals surface area contributed by atoms with Crippen LogP contribution in [0.3, 0.4) is 0 Å². The number of alkyl halides is 3. The third-order valence-electron chi connectivity index (χ3n) is 1.27. The molecule has 0 aromatic carbocycles. The van der Waals surface area contributed by atoms with Gasteiger partial charge in [-0.2, -0.15) is 13.2 Å². The maximum Gasteiger partial charge on any atom is 0.422 e. The predicted molar refractivity (Wildman–Crippen MR) is 53.3 cm³/mol. The highest BCUT2D eigenvalue weighted by atomic mass is 19.4. The van der Waals surface area contributed by atoms with Crippen LogP contribution in [-0.4, -0.2) is 36.9 Å². The molecule has 0 fully saturated rings. The highest BCUT2D eigenvalue weighted by molar-refractivity contribution is 5.82. The van der Waals surface area contributed by atoms with E-state index >= 15 is 0 Å². The van der Waals surface area contributed by atoms with Crippen LogP contribution in [-0.2, 0) is 9.53 Å². The summed E-state index contributed by atoms with van der Waals surface area (Å²) in [6.07, 6.45) is -5.86. The van der Waals surface area contributed by atoms with Crippen molar-refractivity contribution >= 4 is 12.0 Å². The third-order valence-corrected chi connectivity index (χ3v) is 1.27. The van der Waals surface area contributed by atoms with Crippen molar-refractivity contribution in [1.82, 2.24) is 10.6 Å².